The quantitative estimate of drug-likeness (QED) is 0.256. The molecule has 34 heavy (non-hydrogen) atoms. The number of benzene rings is 3. The van der Waals surface area contributed by atoms with Crippen LogP contribution in [0.3, 0.4) is 0 Å². The molecule has 0 saturated carbocycles. The maximum absolute atomic E-state index is 13.1. The Morgan fingerprint density at radius 2 is 1.65 bits per heavy atom. The number of non-ortho nitro benzene ring substituents is 1. The lowest BCUT2D eigenvalue weighted by Crippen LogP contribution is -2.32. The number of nitro benzene ring substituents is 1. The van der Waals surface area contributed by atoms with Crippen molar-refractivity contribution in [3.8, 4) is 0 Å². The summed E-state index contributed by atoms with van der Waals surface area (Å²) in [6.07, 6.45) is 1.47. The summed E-state index contributed by atoms with van der Waals surface area (Å²) in [6, 6.07) is 24.0. The van der Waals surface area contributed by atoms with Gasteiger partial charge in [0.05, 0.1) is 16.5 Å². The van der Waals surface area contributed by atoms with E-state index >= 15 is 0 Å². The highest BCUT2D eigenvalue weighted by Gasteiger charge is 2.17. The van der Waals surface area contributed by atoms with E-state index in [2.05, 4.69) is 0 Å². The average Bonchev–Trinajstić information content (AvgIpc) is 3.17. The van der Waals surface area contributed by atoms with E-state index in [4.69, 9.17) is 4.42 Å². The summed E-state index contributed by atoms with van der Waals surface area (Å²) in [5.41, 5.74) is 2.73. The normalized spacial score (nSPS) is 10.9. The van der Waals surface area contributed by atoms with Gasteiger partial charge < -0.3 is 9.32 Å². The van der Waals surface area contributed by atoms with E-state index in [0.29, 0.717) is 25.0 Å². The van der Waals surface area contributed by atoms with Crippen molar-refractivity contribution in [3.63, 3.8) is 0 Å². The predicted molar refractivity (Wildman–Crippen MR) is 128 cm³/mol. The monoisotopic (exact) mass is 459 g/mol. The minimum absolute atomic E-state index is 0.0104. The zero-order valence-corrected chi connectivity index (χ0v) is 18.6. The Bertz CT molecular complexity index is 1330. The number of amides is 1. The topological polar surface area (TPSA) is 98.6 Å². The highest BCUT2D eigenvalue weighted by molar-refractivity contribution is 5.77. The van der Waals surface area contributed by atoms with Crippen LogP contribution in [0.4, 0.5) is 5.69 Å². The van der Waals surface area contributed by atoms with Crippen LogP contribution in [0.5, 0.6) is 0 Å². The van der Waals surface area contributed by atoms with Gasteiger partial charge in [-0.3, -0.25) is 19.5 Å². The van der Waals surface area contributed by atoms with E-state index in [1.807, 2.05) is 65.6 Å². The maximum atomic E-state index is 13.1. The first-order valence-electron chi connectivity index (χ1n) is 11.1. The summed E-state index contributed by atoms with van der Waals surface area (Å²) in [6.45, 7) is 1.40. The Morgan fingerprint density at radius 1 is 0.971 bits per heavy atom. The second kappa shape index (κ2) is 10.6. The summed E-state index contributed by atoms with van der Waals surface area (Å²) >= 11 is 0. The molecule has 0 fully saturated rings. The van der Waals surface area contributed by atoms with E-state index in [-0.39, 0.29) is 30.1 Å². The van der Waals surface area contributed by atoms with Crippen molar-refractivity contribution < 1.29 is 14.1 Å². The third kappa shape index (κ3) is 5.58. The summed E-state index contributed by atoms with van der Waals surface area (Å²) in [7, 11) is 0. The number of fused-ring (bicyclic) bond motifs is 1. The second-order valence-electron chi connectivity index (χ2n) is 8.07. The smallest absolute Gasteiger partial charge is 0.407 e. The van der Waals surface area contributed by atoms with Crippen molar-refractivity contribution >= 4 is 22.7 Å². The number of rotatable bonds is 10. The number of nitro groups is 1. The molecule has 1 amide bonds. The number of oxazole rings is 1. The summed E-state index contributed by atoms with van der Waals surface area (Å²) in [5, 5.41) is 11.0. The van der Waals surface area contributed by atoms with Crippen LogP contribution in [0.1, 0.15) is 24.0 Å². The Labute approximate surface area is 196 Å². The fraction of sp³-hybridized carbons (Fsp3) is 0.231. The molecule has 4 aromatic rings. The fourth-order valence-electron chi connectivity index (χ4n) is 3.93. The molecule has 4 rings (SSSR count). The van der Waals surface area contributed by atoms with Crippen molar-refractivity contribution in [2.24, 2.45) is 0 Å². The van der Waals surface area contributed by atoms with Crippen LogP contribution in [0.25, 0.3) is 11.1 Å². The van der Waals surface area contributed by atoms with E-state index in [9.17, 15) is 19.7 Å². The number of carbonyl (C=O) groups is 1. The van der Waals surface area contributed by atoms with Gasteiger partial charge >= 0.3 is 5.76 Å². The summed E-state index contributed by atoms with van der Waals surface area (Å²) < 4.78 is 6.58. The zero-order chi connectivity index (χ0) is 23.9. The van der Waals surface area contributed by atoms with Crippen LogP contribution in [0, 0.1) is 10.1 Å². The number of hydrogen-bond donors (Lipinski definition) is 0. The highest BCUT2D eigenvalue weighted by atomic mass is 16.6. The lowest BCUT2D eigenvalue weighted by atomic mass is 10.1. The fourth-order valence-corrected chi connectivity index (χ4v) is 3.93. The molecule has 0 aliphatic carbocycles. The van der Waals surface area contributed by atoms with Gasteiger partial charge in [0.1, 0.15) is 0 Å². The first-order chi connectivity index (χ1) is 16.5. The highest BCUT2D eigenvalue weighted by Crippen LogP contribution is 2.20. The third-order valence-electron chi connectivity index (χ3n) is 5.72. The lowest BCUT2D eigenvalue weighted by molar-refractivity contribution is -0.384. The molecule has 1 aromatic heterocycles. The zero-order valence-electron chi connectivity index (χ0n) is 18.6. The van der Waals surface area contributed by atoms with E-state index in [1.54, 1.807) is 0 Å². The number of hydrogen-bond acceptors (Lipinski definition) is 5. The molecule has 0 spiro atoms. The summed E-state index contributed by atoms with van der Waals surface area (Å²) in [5.74, 6) is -0.579. The Balaban J connectivity index is 1.42. The van der Waals surface area contributed by atoms with Gasteiger partial charge in [0.2, 0.25) is 5.91 Å². The molecule has 3 aromatic carbocycles. The molecule has 0 aliphatic heterocycles. The summed E-state index contributed by atoms with van der Waals surface area (Å²) in [4.78, 5) is 37.6. The predicted octanol–water partition coefficient (Wildman–Crippen LogP) is 4.55. The third-order valence-corrected chi connectivity index (χ3v) is 5.72. The molecule has 0 saturated heterocycles. The van der Waals surface area contributed by atoms with Crippen molar-refractivity contribution in [1.29, 1.82) is 0 Å². The minimum atomic E-state index is -0.590. The molecule has 8 heteroatoms. The number of aromatic nitrogens is 1. The van der Waals surface area contributed by atoms with Crippen LogP contribution in [0.2, 0.25) is 0 Å². The van der Waals surface area contributed by atoms with Crippen LogP contribution < -0.4 is 5.76 Å². The Kier molecular flexibility index (Phi) is 7.17. The van der Waals surface area contributed by atoms with Gasteiger partial charge in [0.25, 0.3) is 5.69 Å². The Morgan fingerprint density at radius 3 is 2.32 bits per heavy atom. The van der Waals surface area contributed by atoms with Crippen molar-refractivity contribution in [2.75, 3.05) is 6.54 Å². The molecular weight excluding hydrogens is 434 g/mol. The molecule has 1 heterocycles. The van der Waals surface area contributed by atoms with Gasteiger partial charge in [-0.15, -0.1) is 0 Å². The molecule has 0 aliphatic rings. The first-order valence-corrected chi connectivity index (χ1v) is 11.1. The lowest BCUT2D eigenvalue weighted by Gasteiger charge is -2.23. The molecule has 0 N–H and O–H groups in total. The standard InChI is InChI=1S/C26H25N3O5/c30-25(12-7-16-28-23-14-13-22(29(32)33)18-24(23)34-26(28)31)27(19-21-10-5-2-6-11-21)17-15-20-8-3-1-4-9-20/h1-6,8-11,13-14,18H,7,12,15-17,19H2. The molecule has 174 valence electrons. The first kappa shape index (κ1) is 23.0. The van der Waals surface area contributed by atoms with Crippen LogP contribution in [-0.2, 0) is 24.3 Å². The number of carbonyl (C=O) groups excluding carboxylic acids is 1. The molecule has 8 nitrogen and oxygen atoms in total. The second-order valence-corrected chi connectivity index (χ2v) is 8.07. The van der Waals surface area contributed by atoms with Gasteiger partial charge in [0, 0.05) is 32.1 Å². The van der Waals surface area contributed by atoms with Crippen LogP contribution in [0.15, 0.2) is 88.1 Å². The SMILES string of the molecule is O=C(CCCn1c(=O)oc2cc([N+](=O)[O-])ccc21)N(CCc1ccccc1)Cc1ccccc1. The van der Waals surface area contributed by atoms with Crippen LogP contribution in [-0.4, -0.2) is 26.8 Å². The Hall–Kier alpha value is -4.20. The molecule has 0 unspecified atom stereocenters. The van der Waals surface area contributed by atoms with E-state index in [1.165, 1.54) is 28.3 Å². The van der Waals surface area contributed by atoms with E-state index < -0.39 is 10.7 Å². The van der Waals surface area contributed by atoms with Crippen LogP contribution >= 0.6 is 0 Å². The number of nitrogens with zero attached hydrogens (tertiary/aromatic N) is 3. The van der Waals surface area contributed by atoms with Crippen molar-refractivity contribution in [3.05, 3.63) is 111 Å². The molecular formula is C26H25N3O5. The number of aryl methyl sites for hydroxylation is 1. The largest absolute Gasteiger partial charge is 0.419 e. The van der Waals surface area contributed by atoms with Gasteiger partial charge in [-0.25, -0.2) is 4.79 Å². The van der Waals surface area contributed by atoms with Gasteiger partial charge in [-0.05, 0) is 30.0 Å². The molecule has 0 atom stereocenters. The average molecular weight is 460 g/mol. The minimum Gasteiger partial charge on any atom is -0.407 e. The van der Waals surface area contributed by atoms with E-state index in [0.717, 1.165) is 12.0 Å². The molecule has 0 bridgehead atoms. The maximum Gasteiger partial charge on any atom is 0.419 e. The van der Waals surface area contributed by atoms with Crippen molar-refractivity contribution in [2.45, 2.75) is 32.4 Å². The van der Waals surface area contributed by atoms with Gasteiger partial charge in [-0.1, -0.05) is 60.7 Å². The van der Waals surface area contributed by atoms with Gasteiger partial charge in [0.15, 0.2) is 5.58 Å². The van der Waals surface area contributed by atoms with Gasteiger partial charge in [-0.2, -0.15) is 0 Å². The molecule has 0 radical (unpaired) electrons. The van der Waals surface area contributed by atoms with Crippen molar-refractivity contribution in [1.82, 2.24) is 9.47 Å².